The number of hydrogen-bond donors (Lipinski definition) is 1. The first kappa shape index (κ1) is 13.3. The Morgan fingerprint density at radius 3 is 2.76 bits per heavy atom. The number of nitrogens with one attached hydrogen (secondary N) is 1. The fraction of sp³-hybridized carbons (Fsp3) is 0.750. The van der Waals surface area contributed by atoms with Crippen molar-refractivity contribution < 1.29 is 0 Å². The Hall–Kier alpha value is -1.36. The molecule has 0 spiro atoms. The smallest absolute Gasteiger partial charge is 0.293 e. The lowest BCUT2D eigenvalue weighted by molar-refractivity contribution is 0.561. The van der Waals surface area contributed by atoms with E-state index in [9.17, 15) is 4.79 Å². The minimum absolute atomic E-state index is 0.110. The van der Waals surface area contributed by atoms with Gasteiger partial charge in [0.25, 0.3) is 5.56 Å². The molecule has 1 atom stereocenters. The predicted molar refractivity (Wildman–Crippen MR) is 82.7 cm³/mol. The van der Waals surface area contributed by atoms with Crippen LogP contribution in [0.25, 0.3) is 0 Å². The maximum atomic E-state index is 12.7. The molecule has 4 rings (SSSR count). The fourth-order valence-electron chi connectivity index (χ4n) is 3.31. The lowest BCUT2D eigenvalue weighted by Gasteiger charge is -2.26. The van der Waals surface area contributed by atoms with E-state index in [1.54, 1.807) is 6.20 Å². The molecule has 1 N–H and O–H groups in total. The standard InChI is InChI=1S/C16H24N4O/c21-16-15(18-8-9-20(16)14-5-6-14)19(10-12-3-4-12)11-13-2-1-7-17-13/h8-9,12-14,17H,1-7,10-11H2. The van der Waals surface area contributed by atoms with Crippen LogP contribution in [0.15, 0.2) is 17.2 Å². The molecule has 1 aromatic rings. The Labute approximate surface area is 125 Å². The zero-order chi connectivity index (χ0) is 14.2. The van der Waals surface area contributed by atoms with E-state index in [2.05, 4.69) is 15.2 Å². The molecule has 1 aromatic heterocycles. The van der Waals surface area contributed by atoms with Crippen LogP contribution in [0.5, 0.6) is 0 Å². The zero-order valence-electron chi connectivity index (χ0n) is 12.5. The van der Waals surface area contributed by atoms with Crippen LogP contribution < -0.4 is 15.8 Å². The minimum atomic E-state index is 0.110. The number of anilines is 1. The van der Waals surface area contributed by atoms with Gasteiger partial charge < -0.3 is 14.8 Å². The minimum Gasteiger partial charge on any atom is -0.350 e. The number of rotatable bonds is 6. The van der Waals surface area contributed by atoms with Gasteiger partial charge in [0.05, 0.1) is 0 Å². The van der Waals surface area contributed by atoms with Gasteiger partial charge in [0.1, 0.15) is 0 Å². The van der Waals surface area contributed by atoms with Crippen LogP contribution in [0.1, 0.15) is 44.6 Å². The Morgan fingerprint density at radius 1 is 1.24 bits per heavy atom. The normalized spacial score (nSPS) is 25.2. The second kappa shape index (κ2) is 5.44. The van der Waals surface area contributed by atoms with Crippen molar-refractivity contribution in [2.24, 2.45) is 5.92 Å². The third kappa shape index (κ3) is 2.98. The quantitative estimate of drug-likeness (QED) is 0.863. The molecule has 114 valence electrons. The van der Waals surface area contributed by atoms with Crippen molar-refractivity contribution in [3.8, 4) is 0 Å². The van der Waals surface area contributed by atoms with Crippen molar-refractivity contribution in [3.63, 3.8) is 0 Å². The third-order valence-corrected chi connectivity index (χ3v) is 4.87. The molecule has 2 saturated carbocycles. The van der Waals surface area contributed by atoms with Gasteiger partial charge in [0.15, 0.2) is 5.82 Å². The Bertz CT molecular complexity index is 556. The Morgan fingerprint density at radius 2 is 2.10 bits per heavy atom. The zero-order valence-corrected chi connectivity index (χ0v) is 12.5. The first-order valence-corrected chi connectivity index (χ1v) is 8.37. The summed E-state index contributed by atoms with van der Waals surface area (Å²) >= 11 is 0. The molecule has 5 heteroatoms. The second-order valence-corrected chi connectivity index (χ2v) is 6.84. The van der Waals surface area contributed by atoms with Gasteiger partial charge in [-0.05, 0) is 51.0 Å². The number of aromatic nitrogens is 2. The molecule has 0 bridgehead atoms. The van der Waals surface area contributed by atoms with Gasteiger partial charge in [-0.1, -0.05) is 0 Å². The van der Waals surface area contributed by atoms with Gasteiger partial charge in [0.2, 0.25) is 0 Å². The number of nitrogens with zero attached hydrogens (tertiary/aromatic N) is 3. The van der Waals surface area contributed by atoms with E-state index in [0.717, 1.165) is 38.4 Å². The lowest BCUT2D eigenvalue weighted by atomic mass is 10.2. The summed E-state index contributed by atoms with van der Waals surface area (Å²) < 4.78 is 1.89. The summed E-state index contributed by atoms with van der Waals surface area (Å²) in [5.41, 5.74) is 0.110. The molecule has 3 fully saturated rings. The highest BCUT2D eigenvalue weighted by atomic mass is 16.1. The van der Waals surface area contributed by atoms with E-state index < -0.39 is 0 Å². The topological polar surface area (TPSA) is 50.2 Å². The van der Waals surface area contributed by atoms with Gasteiger partial charge in [-0.2, -0.15) is 0 Å². The molecular weight excluding hydrogens is 264 g/mol. The van der Waals surface area contributed by atoms with E-state index >= 15 is 0 Å². The third-order valence-electron chi connectivity index (χ3n) is 4.87. The van der Waals surface area contributed by atoms with Crippen LogP contribution in [0.4, 0.5) is 5.82 Å². The predicted octanol–water partition coefficient (Wildman–Crippen LogP) is 1.55. The molecule has 0 aromatic carbocycles. The van der Waals surface area contributed by atoms with Crippen LogP contribution in [0.3, 0.4) is 0 Å². The average molecular weight is 288 g/mol. The van der Waals surface area contributed by atoms with Gasteiger partial charge in [-0.25, -0.2) is 4.98 Å². The van der Waals surface area contributed by atoms with Crippen LogP contribution in [-0.2, 0) is 0 Å². The molecule has 2 aliphatic carbocycles. The van der Waals surface area contributed by atoms with Crippen molar-refractivity contribution in [1.29, 1.82) is 0 Å². The van der Waals surface area contributed by atoms with Crippen molar-refractivity contribution >= 4 is 5.82 Å². The van der Waals surface area contributed by atoms with Crippen molar-refractivity contribution in [1.82, 2.24) is 14.9 Å². The lowest BCUT2D eigenvalue weighted by Crippen LogP contribution is -2.42. The van der Waals surface area contributed by atoms with Gasteiger partial charge in [-0.3, -0.25) is 4.79 Å². The largest absolute Gasteiger partial charge is 0.350 e. The van der Waals surface area contributed by atoms with E-state index in [-0.39, 0.29) is 5.56 Å². The van der Waals surface area contributed by atoms with Gasteiger partial charge in [-0.15, -0.1) is 0 Å². The molecular formula is C16H24N4O. The summed E-state index contributed by atoms with van der Waals surface area (Å²) in [6.45, 7) is 3.03. The van der Waals surface area contributed by atoms with Crippen molar-refractivity contribution in [2.45, 2.75) is 50.6 Å². The molecule has 2 heterocycles. The highest BCUT2D eigenvalue weighted by Gasteiger charge is 2.30. The summed E-state index contributed by atoms with van der Waals surface area (Å²) in [5.74, 6) is 1.44. The molecule has 0 amide bonds. The average Bonchev–Trinajstić information content (AvgIpc) is 3.40. The van der Waals surface area contributed by atoms with Crippen LogP contribution in [-0.4, -0.2) is 35.2 Å². The highest BCUT2D eigenvalue weighted by Crippen LogP contribution is 2.34. The first-order chi connectivity index (χ1) is 10.3. The van der Waals surface area contributed by atoms with E-state index in [1.807, 2.05) is 10.8 Å². The SMILES string of the molecule is O=c1c(N(CC2CC2)CC2CCCN2)nccn1C1CC1. The van der Waals surface area contributed by atoms with E-state index in [1.165, 1.54) is 25.7 Å². The summed E-state index contributed by atoms with van der Waals surface area (Å²) in [4.78, 5) is 19.4. The molecule has 21 heavy (non-hydrogen) atoms. The van der Waals surface area contributed by atoms with Crippen LogP contribution >= 0.6 is 0 Å². The molecule has 0 radical (unpaired) electrons. The highest BCUT2D eigenvalue weighted by molar-refractivity contribution is 5.37. The summed E-state index contributed by atoms with van der Waals surface area (Å²) in [6.07, 6.45) is 11.0. The van der Waals surface area contributed by atoms with Crippen LogP contribution in [0, 0.1) is 5.92 Å². The molecule has 3 aliphatic rings. The maximum absolute atomic E-state index is 12.7. The van der Waals surface area contributed by atoms with Crippen molar-refractivity contribution in [2.75, 3.05) is 24.5 Å². The summed E-state index contributed by atoms with van der Waals surface area (Å²) in [5, 5.41) is 3.54. The Balaban J connectivity index is 1.58. The molecule has 1 saturated heterocycles. The summed E-state index contributed by atoms with van der Waals surface area (Å²) in [6, 6.07) is 0.936. The Kier molecular flexibility index (Phi) is 3.45. The number of hydrogen-bond acceptors (Lipinski definition) is 4. The maximum Gasteiger partial charge on any atom is 0.293 e. The monoisotopic (exact) mass is 288 g/mol. The molecule has 5 nitrogen and oxygen atoms in total. The molecule has 1 aliphatic heterocycles. The first-order valence-electron chi connectivity index (χ1n) is 8.37. The van der Waals surface area contributed by atoms with Gasteiger partial charge >= 0.3 is 0 Å². The fourth-order valence-corrected chi connectivity index (χ4v) is 3.31. The van der Waals surface area contributed by atoms with Crippen molar-refractivity contribution in [3.05, 3.63) is 22.7 Å². The molecule has 1 unspecified atom stereocenters. The summed E-state index contributed by atoms with van der Waals surface area (Å²) in [7, 11) is 0. The second-order valence-electron chi connectivity index (χ2n) is 6.84. The van der Waals surface area contributed by atoms with E-state index in [0.29, 0.717) is 17.9 Å². The van der Waals surface area contributed by atoms with Gasteiger partial charge in [0, 0.05) is 37.6 Å². The van der Waals surface area contributed by atoms with Crippen LogP contribution in [0.2, 0.25) is 0 Å². The van der Waals surface area contributed by atoms with E-state index in [4.69, 9.17) is 0 Å².